The Labute approximate surface area is 93.5 Å². The minimum absolute atomic E-state index is 0.203. The van der Waals surface area contributed by atoms with Gasteiger partial charge in [0.05, 0.1) is 0 Å². The molecule has 1 aromatic rings. The van der Waals surface area contributed by atoms with Gasteiger partial charge in [0.15, 0.2) is 0 Å². The van der Waals surface area contributed by atoms with Crippen LogP contribution < -0.4 is 5.32 Å². The number of hydrogen-bond acceptors (Lipinski definition) is 2. The second-order valence-corrected chi connectivity index (χ2v) is 3.70. The zero-order valence-electron chi connectivity index (χ0n) is 9.52. The summed E-state index contributed by atoms with van der Waals surface area (Å²) < 4.78 is 1.51. The Kier molecular flexibility index (Phi) is 3.55. The van der Waals surface area contributed by atoms with Crippen molar-refractivity contribution < 1.29 is 14.7 Å². The number of rotatable bonds is 3. The number of carbonyl (C=O) groups excluding carboxylic acids is 1. The summed E-state index contributed by atoms with van der Waals surface area (Å²) in [7, 11) is 4.94. The van der Waals surface area contributed by atoms with E-state index in [9.17, 15) is 9.59 Å². The number of carbonyl (C=O) groups is 2. The third-order valence-electron chi connectivity index (χ3n) is 2.13. The monoisotopic (exact) mass is 225 g/mol. The first kappa shape index (κ1) is 12.1. The lowest BCUT2D eigenvalue weighted by Crippen LogP contribution is -2.33. The van der Waals surface area contributed by atoms with Gasteiger partial charge in [0.1, 0.15) is 5.69 Å². The molecule has 0 bridgehead atoms. The largest absolute Gasteiger partial charge is 0.477 e. The molecule has 0 radical (unpaired) electrons. The third kappa shape index (κ3) is 2.75. The van der Waals surface area contributed by atoms with Gasteiger partial charge in [0, 0.05) is 33.9 Å². The normalized spacial score (nSPS) is 9.94. The van der Waals surface area contributed by atoms with E-state index >= 15 is 0 Å². The van der Waals surface area contributed by atoms with Gasteiger partial charge in [-0.3, -0.25) is 0 Å². The molecule has 0 saturated carbocycles. The highest BCUT2D eigenvalue weighted by atomic mass is 16.4. The molecule has 1 rings (SSSR count). The number of hydrogen-bond donors (Lipinski definition) is 2. The highest BCUT2D eigenvalue weighted by Gasteiger charge is 2.10. The molecule has 0 fully saturated rings. The van der Waals surface area contributed by atoms with Crippen LogP contribution in [0.25, 0.3) is 0 Å². The number of nitrogens with zero attached hydrogens (tertiary/aromatic N) is 2. The lowest BCUT2D eigenvalue weighted by molar-refractivity contribution is 0.0686. The Hall–Kier alpha value is -1.98. The molecule has 0 saturated heterocycles. The first-order valence-electron chi connectivity index (χ1n) is 4.75. The molecule has 1 aromatic heterocycles. The highest BCUT2D eigenvalue weighted by Crippen LogP contribution is 2.07. The highest BCUT2D eigenvalue weighted by molar-refractivity contribution is 5.86. The number of aromatic nitrogens is 1. The minimum Gasteiger partial charge on any atom is -0.477 e. The molecule has 0 aliphatic carbocycles. The Morgan fingerprint density at radius 3 is 2.56 bits per heavy atom. The fraction of sp³-hybridized carbons (Fsp3) is 0.400. The molecule has 0 atom stereocenters. The molecule has 6 heteroatoms. The average Bonchev–Trinajstić information content (AvgIpc) is 2.56. The summed E-state index contributed by atoms with van der Waals surface area (Å²) in [5.74, 6) is -0.979. The third-order valence-corrected chi connectivity index (χ3v) is 2.13. The SMILES string of the molecule is CN(C)C(=O)NCc1cc(C(=O)O)n(C)c1. The molecule has 6 nitrogen and oxygen atoms in total. The maximum Gasteiger partial charge on any atom is 0.352 e. The average molecular weight is 225 g/mol. The molecule has 2 amide bonds. The number of carboxylic acids is 1. The standard InChI is InChI=1S/C10H15N3O3/c1-12(2)10(16)11-5-7-4-8(9(14)15)13(3)6-7/h4,6H,5H2,1-3H3,(H,11,16)(H,14,15). The van der Waals surface area contributed by atoms with Gasteiger partial charge in [-0.2, -0.15) is 0 Å². The van der Waals surface area contributed by atoms with Crippen molar-refractivity contribution in [2.24, 2.45) is 7.05 Å². The van der Waals surface area contributed by atoms with E-state index in [1.807, 2.05) is 0 Å². The van der Waals surface area contributed by atoms with E-state index in [-0.39, 0.29) is 11.7 Å². The van der Waals surface area contributed by atoms with Crippen LogP contribution in [0.15, 0.2) is 12.3 Å². The van der Waals surface area contributed by atoms with Gasteiger partial charge in [0.2, 0.25) is 0 Å². The maximum absolute atomic E-state index is 11.2. The predicted octanol–water partition coefficient (Wildman–Crippen LogP) is 0.494. The van der Waals surface area contributed by atoms with E-state index < -0.39 is 5.97 Å². The molecule has 0 spiro atoms. The molecule has 16 heavy (non-hydrogen) atoms. The molecule has 1 heterocycles. The van der Waals surface area contributed by atoms with E-state index in [1.165, 1.54) is 15.5 Å². The summed E-state index contributed by atoms with van der Waals surface area (Å²) in [4.78, 5) is 23.4. The summed E-state index contributed by atoms with van der Waals surface area (Å²) in [5, 5.41) is 11.5. The van der Waals surface area contributed by atoms with Gasteiger partial charge < -0.3 is 19.9 Å². The Morgan fingerprint density at radius 2 is 2.12 bits per heavy atom. The van der Waals surface area contributed by atoms with Crippen LogP contribution in [0.5, 0.6) is 0 Å². The predicted molar refractivity (Wildman–Crippen MR) is 58.3 cm³/mol. The zero-order chi connectivity index (χ0) is 12.3. The van der Waals surface area contributed by atoms with Gasteiger partial charge >= 0.3 is 12.0 Å². The van der Waals surface area contributed by atoms with Gasteiger partial charge in [-0.15, -0.1) is 0 Å². The quantitative estimate of drug-likeness (QED) is 0.786. The zero-order valence-corrected chi connectivity index (χ0v) is 9.52. The molecule has 0 aromatic carbocycles. The first-order chi connectivity index (χ1) is 7.41. The van der Waals surface area contributed by atoms with Crippen molar-refractivity contribution in [3.63, 3.8) is 0 Å². The van der Waals surface area contributed by atoms with Crippen LogP contribution in [0.1, 0.15) is 16.1 Å². The van der Waals surface area contributed by atoms with Crippen molar-refractivity contribution in [2.75, 3.05) is 14.1 Å². The van der Waals surface area contributed by atoms with Crippen LogP contribution in [-0.4, -0.2) is 40.7 Å². The van der Waals surface area contributed by atoms with Crippen LogP contribution in [0.4, 0.5) is 4.79 Å². The lowest BCUT2D eigenvalue weighted by atomic mass is 10.3. The number of nitrogens with one attached hydrogen (secondary N) is 1. The Balaban J connectivity index is 2.65. The summed E-state index contributed by atoms with van der Waals surface area (Å²) in [6.07, 6.45) is 1.68. The van der Waals surface area contributed by atoms with Crippen LogP contribution in [0.3, 0.4) is 0 Å². The second kappa shape index (κ2) is 4.69. The topological polar surface area (TPSA) is 74.6 Å². The van der Waals surface area contributed by atoms with Crippen molar-refractivity contribution in [1.29, 1.82) is 0 Å². The number of aromatic carboxylic acids is 1. The molecule has 88 valence electrons. The fourth-order valence-corrected chi connectivity index (χ4v) is 1.28. The van der Waals surface area contributed by atoms with Crippen molar-refractivity contribution in [3.05, 3.63) is 23.5 Å². The van der Waals surface area contributed by atoms with Crippen LogP contribution in [0.2, 0.25) is 0 Å². The van der Waals surface area contributed by atoms with Crippen LogP contribution in [-0.2, 0) is 13.6 Å². The Bertz CT molecular complexity index is 409. The fourth-order valence-electron chi connectivity index (χ4n) is 1.28. The summed E-state index contributed by atoms with van der Waals surface area (Å²) in [6, 6.07) is 1.33. The molecule has 0 unspecified atom stereocenters. The molecular formula is C10H15N3O3. The molecule has 2 N–H and O–H groups in total. The van der Waals surface area contributed by atoms with Gasteiger partial charge in [0.25, 0.3) is 0 Å². The van der Waals surface area contributed by atoms with Crippen LogP contribution >= 0.6 is 0 Å². The smallest absolute Gasteiger partial charge is 0.352 e. The van der Waals surface area contributed by atoms with Crippen molar-refractivity contribution in [1.82, 2.24) is 14.8 Å². The van der Waals surface area contributed by atoms with E-state index in [1.54, 1.807) is 27.3 Å². The van der Waals surface area contributed by atoms with E-state index in [0.29, 0.717) is 6.54 Å². The Morgan fingerprint density at radius 1 is 1.50 bits per heavy atom. The summed E-state index contributed by atoms with van der Waals surface area (Å²) in [5.41, 5.74) is 0.962. The van der Waals surface area contributed by atoms with Crippen molar-refractivity contribution in [2.45, 2.75) is 6.54 Å². The number of aryl methyl sites for hydroxylation is 1. The van der Waals surface area contributed by atoms with E-state index in [2.05, 4.69) is 5.32 Å². The lowest BCUT2D eigenvalue weighted by Gasteiger charge is -2.10. The van der Waals surface area contributed by atoms with E-state index in [4.69, 9.17) is 5.11 Å². The van der Waals surface area contributed by atoms with Gasteiger partial charge in [-0.25, -0.2) is 9.59 Å². The van der Waals surface area contributed by atoms with Crippen molar-refractivity contribution in [3.8, 4) is 0 Å². The second-order valence-electron chi connectivity index (χ2n) is 3.70. The molecule has 0 aliphatic rings. The van der Waals surface area contributed by atoms with Crippen molar-refractivity contribution >= 4 is 12.0 Å². The van der Waals surface area contributed by atoms with Gasteiger partial charge in [-0.1, -0.05) is 0 Å². The minimum atomic E-state index is -0.979. The number of carboxylic acid groups (broad SMARTS) is 1. The maximum atomic E-state index is 11.2. The van der Waals surface area contributed by atoms with Gasteiger partial charge in [-0.05, 0) is 11.6 Å². The molecular weight excluding hydrogens is 210 g/mol. The molecule has 0 aliphatic heterocycles. The summed E-state index contributed by atoms with van der Waals surface area (Å²) in [6.45, 7) is 0.318. The van der Waals surface area contributed by atoms with E-state index in [0.717, 1.165) is 5.56 Å². The first-order valence-corrected chi connectivity index (χ1v) is 4.75. The number of amides is 2. The number of urea groups is 1. The van der Waals surface area contributed by atoms with Crippen LogP contribution in [0, 0.1) is 0 Å². The summed E-state index contributed by atoms with van der Waals surface area (Å²) >= 11 is 0.